The second-order valence-corrected chi connectivity index (χ2v) is 6.47. The molecule has 0 atom stereocenters. The number of hydrogen-bond acceptors (Lipinski definition) is 2. The molecule has 3 N–H and O–H groups in total. The van der Waals surface area contributed by atoms with Crippen LogP contribution in [-0.2, 0) is 6.54 Å². The maximum absolute atomic E-state index is 11.7. The fraction of sp³-hybridized carbons (Fsp3) is 0.500. The van der Waals surface area contributed by atoms with Crippen molar-refractivity contribution in [2.24, 2.45) is 4.99 Å². The zero-order valence-electron chi connectivity index (χ0n) is 16.5. The molecule has 0 bridgehead atoms. The third-order valence-electron chi connectivity index (χ3n) is 3.64. The van der Waals surface area contributed by atoms with E-state index in [-0.39, 0.29) is 12.1 Å². The first-order chi connectivity index (χ1) is 12.5. The lowest BCUT2D eigenvalue weighted by molar-refractivity contribution is 0.250. The van der Waals surface area contributed by atoms with Crippen LogP contribution in [0, 0.1) is 0 Å². The number of nitrogens with one attached hydrogen (secondary N) is 3. The topological polar surface area (TPSA) is 68.8 Å². The lowest BCUT2D eigenvalue weighted by atomic mass is 10.2. The van der Waals surface area contributed by atoms with E-state index in [1.165, 1.54) is 0 Å². The summed E-state index contributed by atoms with van der Waals surface area (Å²) in [5, 5.41) is 8.94. The molecule has 1 aromatic rings. The van der Waals surface area contributed by atoms with Crippen molar-refractivity contribution in [1.29, 1.82) is 0 Å². The van der Waals surface area contributed by atoms with Gasteiger partial charge in [0.05, 0.1) is 6.54 Å². The van der Waals surface area contributed by atoms with E-state index in [0.29, 0.717) is 6.54 Å². The number of urea groups is 1. The standard InChI is InChI=1S/C20H33N5O/c1-6-8-9-14-25(5)19(21-7-2)22-15-17-10-12-18(13-11-17)24-20(26)23-16(3)4/h6,10-13,16H,1,7-9,14-15H2,2-5H3,(H,21,22)(H2,23,24,26). The van der Waals surface area contributed by atoms with Gasteiger partial charge in [0, 0.05) is 31.9 Å². The molecule has 0 saturated carbocycles. The molecule has 1 rings (SSSR count). The minimum atomic E-state index is -0.193. The third kappa shape index (κ3) is 8.55. The van der Waals surface area contributed by atoms with Gasteiger partial charge in [0.25, 0.3) is 0 Å². The summed E-state index contributed by atoms with van der Waals surface area (Å²) in [4.78, 5) is 18.6. The van der Waals surface area contributed by atoms with Crippen molar-refractivity contribution in [2.75, 3.05) is 25.5 Å². The van der Waals surface area contributed by atoms with Crippen molar-refractivity contribution in [3.63, 3.8) is 0 Å². The zero-order valence-corrected chi connectivity index (χ0v) is 16.5. The van der Waals surface area contributed by atoms with Crippen LogP contribution in [0.4, 0.5) is 10.5 Å². The number of allylic oxidation sites excluding steroid dienone is 1. The van der Waals surface area contributed by atoms with Crippen molar-refractivity contribution in [3.8, 4) is 0 Å². The normalized spacial score (nSPS) is 11.2. The van der Waals surface area contributed by atoms with Gasteiger partial charge in [0.1, 0.15) is 0 Å². The van der Waals surface area contributed by atoms with Crippen LogP contribution >= 0.6 is 0 Å². The number of amides is 2. The highest BCUT2D eigenvalue weighted by Gasteiger charge is 2.06. The van der Waals surface area contributed by atoms with E-state index in [1.54, 1.807) is 0 Å². The minimum absolute atomic E-state index is 0.108. The largest absolute Gasteiger partial charge is 0.357 e. The van der Waals surface area contributed by atoms with E-state index >= 15 is 0 Å². The summed E-state index contributed by atoms with van der Waals surface area (Å²) >= 11 is 0. The van der Waals surface area contributed by atoms with Crippen molar-refractivity contribution >= 4 is 17.7 Å². The molecule has 0 aliphatic rings. The highest BCUT2D eigenvalue weighted by molar-refractivity contribution is 5.89. The summed E-state index contributed by atoms with van der Waals surface area (Å²) in [7, 11) is 2.05. The molecular formula is C20H33N5O. The molecule has 144 valence electrons. The summed E-state index contributed by atoms with van der Waals surface area (Å²) in [5.41, 5.74) is 1.86. The molecule has 2 amide bonds. The van der Waals surface area contributed by atoms with Crippen LogP contribution in [0.25, 0.3) is 0 Å². The van der Waals surface area contributed by atoms with Crippen molar-refractivity contribution in [3.05, 3.63) is 42.5 Å². The van der Waals surface area contributed by atoms with Gasteiger partial charge in [-0.3, -0.25) is 0 Å². The number of unbranched alkanes of at least 4 members (excludes halogenated alkanes) is 1. The Morgan fingerprint density at radius 2 is 2.00 bits per heavy atom. The van der Waals surface area contributed by atoms with Gasteiger partial charge in [0.2, 0.25) is 0 Å². The number of nitrogens with zero attached hydrogens (tertiary/aromatic N) is 2. The Labute approximate surface area is 157 Å². The lowest BCUT2D eigenvalue weighted by Crippen LogP contribution is -2.39. The second-order valence-electron chi connectivity index (χ2n) is 6.47. The quantitative estimate of drug-likeness (QED) is 0.273. The summed E-state index contributed by atoms with van der Waals surface area (Å²) in [6.45, 7) is 12.0. The summed E-state index contributed by atoms with van der Waals surface area (Å²) < 4.78 is 0. The van der Waals surface area contributed by atoms with Crippen LogP contribution in [-0.4, -0.2) is 43.1 Å². The van der Waals surface area contributed by atoms with Crippen molar-refractivity contribution in [2.45, 2.75) is 46.2 Å². The van der Waals surface area contributed by atoms with E-state index in [9.17, 15) is 4.79 Å². The first kappa shape index (κ1) is 21.5. The molecule has 1 aromatic carbocycles. The molecule has 0 saturated heterocycles. The van der Waals surface area contributed by atoms with Gasteiger partial charge < -0.3 is 20.9 Å². The Morgan fingerprint density at radius 1 is 1.31 bits per heavy atom. The fourth-order valence-electron chi connectivity index (χ4n) is 2.34. The summed E-state index contributed by atoms with van der Waals surface area (Å²) in [6, 6.07) is 7.67. The predicted molar refractivity (Wildman–Crippen MR) is 111 cm³/mol. The Morgan fingerprint density at radius 3 is 2.58 bits per heavy atom. The second kappa shape index (κ2) is 12.0. The fourth-order valence-corrected chi connectivity index (χ4v) is 2.34. The van der Waals surface area contributed by atoms with Gasteiger partial charge in [-0.25, -0.2) is 9.79 Å². The van der Waals surface area contributed by atoms with Crippen molar-refractivity contribution < 1.29 is 4.79 Å². The SMILES string of the molecule is C=CCCCN(C)C(=NCc1ccc(NC(=O)NC(C)C)cc1)NCC. The Kier molecular flexibility index (Phi) is 9.90. The van der Waals surface area contributed by atoms with E-state index < -0.39 is 0 Å². The van der Waals surface area contributed by atoms with Gasteiger partial charge >= 0.3 is 6.03 Å². The molecule has 0 fully saturated rings. The highest BCUT2D eigenvalue weighted by atomic mass is 16.2. The van der Waals surface area contributed by atoms with Gasteiger partial charge in [-0.05, 0) is 51.3 Å². The maximum atomic E-state index is 11.7. The van der Waals surface area contributed by atoms with Gasteiger partial charge in [-0.15, -0.1) is 6.58 Å². The molecule has 0 aromatic heterocycles. The van der Waals surface area contributed by atoms with E-state index in [2.05, 4.69) is 34.4 Å². The maximum Gasteiger partial charge on any atom is 0.319 e. The molecular weight excluding hydrogens is 326 g/mol. The average molecular weight is 360 g/mol. The molecule has 6 nitrogen and oxygen atoms in total. The molecule has 0 spiro atoms. The smallest absolute Gasteiger partial charge is 0.319 e. The number of carbonyl (C=O) groups excluding carboxylic acids is 1. The third-order valence-corrected chi connectivity index (χ3v) is 3.64. The first-order valence-corrected chi connectivity index (χ1v) is 9.23. The number of hydrogen-bond donors (Lipinski definition) is 3. The number of anilines is 1. The van der Waals surface area contributed by atoms with Crippen LogP contribution in [0.5, 0.6) is 0 Å². The van der Waals surface area contributed by atoms with Gasteiger partial charge in [-0.1, -0.05) is 18.2 Å². The molecule has 6 heteroatoms. The summed E-state index contributed by atoms with van der Waals surface area (Å²) in [6.07, 6.45) is 4.00. The van der Waals surface area contributed by atoms with Crippen LogP contribution < -0.4 is 16.0 Å². The molecule has 26 heavy (non-hydrogen) atoms. The van der Waals surface area contributed by atoms with Gasteiger partial charge in [0.15, 0.2) is 5.96 Å². The molecule has 0 aliphatic heterocycles. The van der Waals surface area contributed by atoms with Crippen molar-refractivity contribution in [1.82, 2.24) is 15.5 Å². The molecule has 0 heterocycles. The molecule has 0 unspecified atom stereocenters. The number of carbonyl (C=O) groups is 1. The van der Waals surface area contributed by atoms with E-state index in [0.717, 1.165) is 43.1 Å². The predicted octanol–water partition coefficient (Wildman–Crippen LogP) is 3.58. The Hall–Kier alpha value is -2.50. The van der Waals surface area contributed by atoms with Crippen LogP contribution in [0.1, 0.15) is 39.2 Å². The number of guanidine groups is 1. The highest BCUT2D eigenvalue weighted by Crippen LogP contribution is 2.10. The summed E-state index contributed by atoms with van der Waals surface area (Å²) in [5.74, 6) is 0.898. The number of aliphatic imine (C=N–C) groups is 1. The Balaban J connectivity index is 2.63. The average Bonchev–Trinajstić information content (AvgIpc) is 2.59. The van der Waals surface area contributed by atoms with E-state index in [4.69, 9.17) is 4.99 Å². The lowest BCUT2D eigenvalue weighted by Gasteiger charge is -2.21. The van der Waals surface area contributed by atoms with Crippen LogP contribution in [0.2, 0.25) is 0 Å². The molecule has 0 aliphatic carbocycles. The molecule has 0 radical (unpaired) electrons. The number of benzene rings is 1. The number of rotatable bonds is 9. The monoisotopic (exact) mass is 359 g/mol. The first-order valence-electron chi connectivity index (χ1n) is 9.23. The van der Waals surface area contributed by atoms with Crippen LogP contribution in [0.3, 0.4) is 0 Å². The zero-order chi connectivity index (χ0) is 19.4. The van der Waals surface area contributed by atoms with E-state index in [1.807, 2.05) is 51.2 Å². The van der Waals surface area contributed by atoms with Gasteiger partial charge in [-0.2, -0.15) is 0 Å². The Bertz CT molecular complexity index is 580. The minimum Gasteiger partial charge on any atom is -0.357 e. The van der Waals surface area contributed by atoms with Crippen LogP contribution in [0.15, 0.2) is 41.9 Å².